The Hall–Kier alpha value is -2.31. The number of pyridine rings is 1. The minimum Gasteiger partial charge on any atom is -0.450 e. The van der Waals surface area contributed by atoms with Crippen LogP contribution in [0.25, 0.3) is 5.65 Å². The molecule has 3 rings (SSSR count). The number of anilines is 2. The topological polar surface area (TPSA) is 71.8 Å². The Kier molecular flexibility index (Phi) is 4.13. The smallest absolute Gasteiger partial charge is 0.414 e. The molecule has 118 valence electrons. The van der Waals surface area contributed by atoms with E-state index in [9.17, 15) is 4.79 Å². The molecule has 7 nitrogen and oxygen atoms in total. The Morgan fingerprint density at radius 3 is 3.18 bits per heavy atom. The lowest BCUT2D eigenvalue weighted by Crippen LogP contribution is -2.34. The van der Waals surface area contributed by atoms with Crippen molar-refractivity contribution in [2.45, 2.75) is 26.7 Å². The highest BCUT2D eigenvalue weighted by molar-refractivity contribution is 5.82. The normalized spacial score (nSPS) is 18.5. The number of rotatable bonds is 3. The average Bonchev–Trinajstić information content (AvgIpc) is 2.88. The Bertz CT molecular complexity index is 669. The van der Waals surface area contributed by atoms with Gasteiger partial charge in [-0.15, -0.1) is 5.10 Å². The van der Waals surface area contributed by atoms with E-state index in [1.165, 1.54) is 12.8 Å². The molecule has 7 heteroatoms. The van der Waals surface area contributed by atoms with Gasteiger partial charge in [0, 0.05) is 31.0 Å². The number of nitrogens with one attached hydrogen (secondary N) is 1. The molecule has 1 amide bonds. The molecule has 0 saturated carbocycles. The zero-order valence-electron chi connectivity index (χ0n) is 13.0. The summed E-state index contributed by atoms with van der Waals surface area (Å²) in [6, 6.07) is 4.04. The maximum absolute atomic E-state index is 11.4. The summed E-state index contributed by atoms with van der Waals surface area (Å²) in [5, 5.41) is 6.73. The SMILES string of the molecule is CCOC(=O)Nc1nc2cc(N3CCCC(C)C3)ccn2n1. The summed E-state index contributed by atoms with van der Waals surface area (Å²) >= 11 is 0. The third-order valence-electron chi connectivity index (χ3n) is 3.83. The van der Waals surface area contributed by atoms with E-state index in [1.807, 2.05) is 18.3 Å². The van der Waals surface area contributed by atoms with Crippen LogP contribution < -0.4 is 10.2 Å². The summed E-state index contributed by atoms with van der Waals surface area (Å²) in [5.41, 5.74) is 1.86. The maximum Gasteiger partial charge on any atom is 0.414 e. The van der Waals surface area contributed by atoms with Crippen molar-refractivity contribution in [1.29, 1.82) is 0 Å². The molecule has 0 spiro atoms. The number of piperidine rings is 1. The van der Waals surface area contributed by atoms with Gasteiger partial charge in [-0.05, 0) is 31.7 Å². The number of carbonyl (C=O) groups is 1. The monoisotopic (exact) mass is 303 g/mol. The highest BCUT2D eigenvalue weighted by atomic mass is 16.5. The van der Waals surface area contributed by atoms with Gasteiger partial charge < -0.3 is 9.64 Å². The van der Waals surface area contributed by atoms with Crippen LogP contribution in [0.4, 0.5) is 16.4 Å². The van der Waals surface area contributed by atoms with Crippen LogP contribution >= 0.6 is 0 Å². The number of aromatic nitrogens is 3. The zero-order valence-corrected chi connectivity index (χ0v) is 13.0. The van der Waals surface area contributed by atoms with Gasteiger partial charge in [0.25, 0.3) is 5.95 Å². The molecule has 0 aliphatic carbocycles. The molecule has 0 radical (unpaired) electrons. The molecule has 3 heterocycles. The van der Waals surface area contributed by atoms with Crippen LogP contribution in [0.15, 0.2) is 18.3 Å². The van der Waals surface area contributed by atoms with Crippen LogP contribution in [0.3, 0.4) is 0 Å². The summed E-state index contributed by atoms with van der Waals surface area (Å²) in [7, 11) is 0. The second kappa shape index (κ2) is 6.21. The first-order valence-electron chi connectivity index (χ1n) is 7.71. The molecular weight excluding hydrogens is 282 g/mol. The van der Waals surface area contributed by atoms with Gasteiger partial charge in [-0.25, -0.2) is 9.31 Å². The number of amides is 1. The molecule has 1 unspecified atom stereocenters. The van der Waals surface area contributed by atoms with Crippen molar-refractivity contribution in [1.82, 2.24) is 14.6 Å². The van der Waals surface area contributed by atoms with Crippen molar-refractivity contribution in [3.05, 3.63) is 18.3 Å². The molecule has 1 aliphatic rings. The van der Waals surface area contributed by atoms with Crippen LogP contribution in [0, 0.1) is 5.92 Å². The van der Waals surface area contributed by atoms with E-state index in [-0.39, 0.29) is 5.95 Å². The fraction of sp³-hybridized carbons (Fsp3) is 0.533. The number of fused-ring (bicyclic) bond motifs is 1. The van der Waals surface area contributed by atoms with Crippen LogP contribution in [0.2, 0.25) is 0 Å². The van der Waals surface area contributed by atoms with Gasteiger partial charge in [0.1, 0.15) is 0 Å². The molecule has 0 bridgehead atoms. The number of hydrogen-bond donors (Lipinski definition) is 1. The Morgan fingerprint density at radius 2 is 2.41 bits per heavy atom. The third-order valence-corrected chi connectivity index (χ3v) is 3.83. The standard InChI is InChI=1S/C15H21N5O2/c1-3-22-15(21)17-14-16-13-9-12(6-8-20(13)18-14)19-7-4-5-11(2)10-19/h6,8-9,11H,3-5,7,10H2,1-2H3,(H,17,18,21). The lowest BCUT2D eigenvalue weighted by Gasteiger charge is -2.32. The lowest BCUT2D eigenvalue weighted by atomic mass is 10.00. The first-order chi connectivity index (χ1) is 10.7. The van der Waals surface area contributed by atoms with Crippen molar-refractivity contribution in [2.75, 3.05) is 29.9 Å². The van der Waals surface area contributed by atoms with Crippen LogP contribution in [-0.4, -0.2) is 40.4 Å². The highest BCUT2D eigenvalue weighted by Crippen LogP contribution is 2.23. The predicted octanol–water partition coefficient (Wildman–Crippen LogP) is 2.53. The predicted molar refractivity (Wildman–Crippen MR) is 84.2 cm³/mol. The second-order valence-electron chi connectivity index (χ2n) is 5.66. The van der Waals surface area contributed by atoms with Gasteiger partial charge in [-0.3, -0.25) is 5.32 Å². The highest BCUT2D eigenvalue weighted by Gasteiger charge is 2.17. The number of carbonyl (C=O) groups excluding carboxylic acids is 1. The number of ether oxygens (including phenoxy) is 1. The van der Waals surface area contributed by atoms with E-state index in [0.717, 1.165) is 18.8 Å². The third kappa shape index (κ3) is 3.13. The van der Waals surface area contributed by atoms with Gasteiger partial charge >= 0.3 is 6.09 Å². The Labute approximate surface area is 129 Å². The van der Waals surface area contributed by atoms with Crippen LogP contribution in [0.1, 0.15) is 26.7 Å². The lowest BCUT2D eigenvalue weighted by molar-refractivity contribution is 0.167. The number of nitrogens with zero attached hydrogens (tertiary/aromatic N) is 4. The fourth-order valence-corrected chi connectivity index (χ4v) is 2.80. The Balaban J connectivity index is 1.79. The summed E-state index contributed by atoms with van der Waals surface area (Å²) < 4.78 is 6.48. The van der Waals surface area contributed by atoms with E-state index in [2.05, 4.69) is 27.2 Å². The molecule has 0 aromatic carbocycles. The minimum absolute atomic E-state index is 0.252. The molecule has 1 saturated heterocycles. The molecule has 22 heavy (non-hydrogen) atoms. The van der Waals surface area contributed by atoms with E-state index < -0.39 is 6.09 Å². The molecule has 1 atom stereocenters. The van der Waals surface area contributed by atoms with Gasteiger partial charge in [0.2, 0.25) is 0 Å². The van der Waals surface area contributed by atoms with Crippen molar-refractivity contribution >= 4 is 23.4 Å². The summed E-state index contributed by atoms with van der Waals surface area (Å²) in [6.07, 6.45) is 3.84. The molecule has 1 aliphatic heterocycles. The quantitative estimate of drug-likeness (QED) is 0.943. The van der Waals surface area contributed by atoms with E-state index >= 15 is 0 Å². The van der Waals surface area contributed by atoms with Crippen molar-refractivity contribution in [3.63, 3.8) is 0 Å². The van der Waals surface area contributed by atoms with Crippen LogP contribution in [-0.2, 0) is 4.74 Å². The van der Waals surface area contributed by atoms with E-state index in [0.29, 0.717) is 18.2 Å². The second-order valence-corrected chi connectivity index (χ2v) is 5.66. The summed E-state index contributed by atoms with van der Waals surface area (Å²) in [4.78, 5) is 18.1. The van der Waals surface area contributed by atoms with Crippen molar-refractivity contribution in [3.8, 4) is 0 Å². The van der Waals surface area contributed by atoms with Crippen molar-refractivity contribution < 1.29 is 9.53 Å². The fourth-order valence-electron chi connectivity index (χ4n) is 2.80. The zero-order chi connectivity index (χ0) is 15.5. The first-order valence-corrected chi connectivity index (χ1v) is 7.71. The maximum atomic E-state index is 11.4. The molecule has 1 N–H and O–H groups in total. The molecule has 1 fully saturated rings. The van der Waals surface area contributed by atoms with E-state index in [4.69, 9.17) is 4.74 Å². The Morgan fingerprint density at radius 1 is 1.55 bits per heavy atom. The van der Waals surface area contributed by atoms with Gasteiger partial charge in [0.15, 0.2) is 5.65 Å². The van der Waals surface area contributed by atoms with Crippen LogP contribution in [0.5, 0.6) is 0 Å². The average molecular weight is 303 g/mol. The largest absolute Gasteiger partial charge is 0.450 e. The van der Waals surface area contributed by atoms with E-state index in [1.54, 1.807) is 11.4 Å². The molecule has 2 aromatic rings. The molecular formula is C15H21N5O2. The van der Waals surface area contributed by atoms with Gasteiger partial charge in [-0.1, -0.05) is 6.92 Å². The number of hydrogen-bond acceptors (Lipinski definition) is 5. The first kappa shape index (κ1) is 14.6. The minimum atomic E-state index is -0.538. The van der Waals surface area contributed by atoms with Gasteiger partial charge in [0.05, 0.1) is 6.61 Å². The summed E-state index contributed by atoms with van der Waals surface area (Å²) in [6.45, 7) is 6.49. The van der Waals surface area contributed by atoms with Crippen molar-refractivity contribution in [2.24, 2.45) is 5.92 Å². The van der Waals surface area contributed by atoms with Gasteiger partial charge in [-0.2, -0.15) is 4.98 Å². The summed E-state index contributed by atoms with van der Waals surface area (Å²) in [5.74, 6) is 0.964. The molecule has 2 aromatic heterocycles.